The molecule has 2 fully saturated rings. The molecule has 1 aliphatic heterocycles. The summed E-state index contributed by atoms with van der Waals surface area (Å²) in [7, 11) is 0. The molecule has 10 heteroatoms. The van der Waals surface area contributed by atoms with Gasteiger partial charge in [0, 0.05) is 12.5 Å². The van der Waals surface area contributed by atoms with Gasteiger partial charge in [0.25, 0.3) is 0 Å². The van der Waals surface area contributed by atoms with Crippen LogP contribution in [0.4, 0.5) is 5.82 Å². The zero-order valence-corrected chi connectivity index (χ0v) is 18.1. The molecule has 0 amide bonds. The molecule has 0 bridgehead atoms. The summed E-state index contributed by atoms with van der Waals surface area (Å²) < 4.78 is 13.1. The molecule has 3 atom stereocenters. The maximum atomic E-state index is 12.2. The maximum absolute atomic E-state index is 12.2. The van der Waals surface area contributed by atoms with Crippen molar-refractivity contribution < 1.29 is 24.5 Å². The number of ether oxygens (including phenoxy) is 2. The highest BCUT2D eigenvalue weighted by Gasteiger charge is 2.37. The molecule has 10 nitrogen and oxygen atoms in total. The number of carbonyl (C=O) groups is 1. The Morgan fingerprint density at radius 2 is 1.91 bits per heavy atom. The van der Waals surface area contributed by atoms with E-state index in [2.05, 4.69) is 20.3 Å². The number of benzene rings is 1. The first kappa shape index (κ1) is 21.7. The van der Waals surface area contributed by atoms with Crippen molar-refractivity contribution in [2.24, 2.45) is 0 Å². The summed E-state index contributed by atoms with van der Waals surface area (Å²) in [6.45, 7) is 0.0449. The molecule has 0 radical (unpaired) electrons. The Morgan fingerprint density at radius 3 is 2.70 bits per heavy atom. The lowest BCUT2D eigenvalue weighted by Crippen LogP contribution is -2.28. The fraction of sp³-hybridized carbons (Fsp3) is 0.478. The average Bonchev–Trinajstić information content (AvgIpc) is 3.43. The van der Waals surface area contributed by atoms with Gasteiger partial charge in [-0.3, -0.25) is 4.57 Å². The highest BCUT2D eigenvalue weighted by molar-refractivity contribution is 5.89. The second-order valence-electron chi connectivity index (χ2n) is 8.61. The standard InChI is InChI=1S/C23H27N5O5/c29-16-8-6-15(7-9-16)27-20-19-21(25-12-24-20)28(13-26-19)22-18(30)10-17(33-22)11-32-23(31)14-4-2-1-3-5-14/h1-5,12-13,15-18,22,29-30H,6-11H2,(H,24,25,27)/t15?,16?,17-,18-,22+/m0/s1. The van der Waals surface area contributed by atoms with E-state index in [1.54, 1.807) is 35.2 Å². The first-order chi connectivity index (χ1) is 16.1. The van der Waals surface area contributed by atoms with Gasteiger partial charge in [0.15, 0.2) is 23.2 Å². The summed E-state index contributed by atoms with van der Waals surface area (Å²) in [6.07, 6.45) is 4.46. The Kier molecular flexibility index (Phi) is 6.21. The molecule has 3 heterocycles. The van der Waals surface area contributed by atoms with Crippen LogP contribution in [-0.4, -0.2) is 66.7 Å². The molecular weight excluding hydrogens is 426 g/mol. The van der Waals surface area contributed by atoms with E-state index in [4.69, 9.17) is 9.47 Å². The number of anilines is 1. The zero-order valence-electron chi connectivity index (χ0n) is 18.1. The van der Waals surface area contributed by atoms with Gasteiger partial charge < -0.3 is 25.0 Å². The number of imidazole rings is 1. The van der Waals surface area contributed by atoms with Gasteiger partial charge in [0.05, 0.1) is 24.1 Å². The molecular formula is C23H27N5O5. The number of aliphatic hydroxyl groups excluding tert-OH is 2. The van der Waals surface area contributed by atoms with Crippen molar-refractivity contribution in [1.29, 1.82) is 0 Å². The van der Waals surface area contributed by atoms with E-state index in [1.807, 2.05) is 6.07 Å². The lowest BCUT2D eigenvalue weighted by Gasteiger charge is -2.26. The van der Waals surface area contributed by atoms with Crippen molar-refractivity contribution in [3.63, 3.8) is 0 Å². The van der Waals surface area contributed by atoms with E-state index in [0.717, 1.165) is 25.7 Å². The van der Waals surface area contributed by atoms with E-state index >= 15 is 0 Å². The topological polar surface area (TPSA) is 132 Å². The van der Waals surface area contributed by atoms with Crippen LogP contribution in [-0.2, 0) is 9.47 Å². The minimum absolute atomic E-state index is 0.0449. The Morgan fingerprint density at radius 1 is 1.12 bits per heavy atom. The van der Waals surface area contributed by atoms with Crippen LogP contribution in [0, 0.1) is 0 Å². The van der Waals surface area contributed by atoms with Gasteiger partial charge in [-0.25, -0.2) is 19.7 Å². The highest BCUT2D eigenvalue weighted by Crippen LogP contribution is 2.32. The lowest BCUT2D eigenvalue weighted by atomic mass is 9.93. The largest absolute Gasteiger partial charge is 0.459 e. The Labute approximate surface area is 190 Å². The molecule has 0 spiro atoms. The monoisotopic (exact) mass is 453 g/mol. The van der Waals surface area contributed by atoms with Crippen LogP contribution < -0.4 is 5.32 Å². The number of nitrogens with one attached hydrogen (secondary N) is 1. The van der Waals surface area contributed by atoms with Crippen LogP contribution >= 0.6 is 0 Å². The van der Waals surface area contributed by atoms with Gasteiger partial charge in [0.1, 0.15) is 19.0 Å². The Hall–Kier alpha value is -3.08. The van der Waals surface area contributed by atoms with Crippen molar-refractivity contribution in [3.05, 3.63) is 48.5 Å². The number of fused-ring (bicyclic) bond motifs is 1. The number of carbonyl (C=O) groups excluding carboxylic acids is 1. The van der Waals surface area contributed by atoms with Gasteiger partial charge >= 0.3 is 5.97 Å². The number of rotatable bonds is 6. The SMILES string of the molecule is O=C(OC[C@@H]1C[C@H](O)[C@H](n2cnc3c(NC4CCC(O)CC4)ncnc32)O1)c1ccccc1. The van der Waals surface area contributed by atoms with Gasteiger partial charge in [-0.15, -0.1) is 0 Å². The van der Waals surface area contributed by atoms with Crippen molar-refractivity contribution >= 4 is 23.0 Å². The summed E-state index contributed by atoms with van der Waals surface area (Å²) in [5.41, 5.74) is 1.62. The number of nitrogens with zero attached hydrogens (tertiary/aromatic N) is 4. The highest BCUT2D eigenvalue weighted by atomic mass is 16.6. The molecule has 0 unspecified atom stereocenters. The molecule has 1 aliphatic carbocycles. The van der Waals surface area contributed by atoms with E-state index < -0.39 is 24.4 Å². The van der Waals surface area contributed by atoms with Crippen LogP contribution in [0.5, 0.6) is 0 Å². The average molecular weight is 453 g/mol. The molecule has 2 aliphatic rings. The quantitative estimate of drug-likeness (QED) is 0.480. The Bertz CT molecular complexity index is 1100. The number of esters is 1. The fourth-order valence-electron chi connectivity index (χ4n) is 4.47. The van der Waals surface area contributed by atoms with Gasteiger partial charge in [-0.05, 0) is 37.8 Å². The summed E-state index contributed by atoms with van der Waals surface area (Å²) in [4.78, 5) is 25.4. The first-order valence-electron chi connectivity index (χ1n) is 11.3. The fourth-order valence-corrected chi connectivity index (χ4v) is 4.47. The first-order valence-corrected chi connectivity index (χ1v) is 11.3. The summed E-state index contributed by atoms with van der Waals surface area (Å²) in [5, 5.41) is 23.8. The second kappa shape index (κ2) is 9.42. The van der Waals surface area contributed by atoms with Crippen molar-refractivity contribution in [2.45, 2.75) is 62.7 Å². The number of hydrogen-bond acceptors (Lipinski definition) is 9. The summed E-state index contributed by atoms with van der Waals surface area (Å²) >= 11 is 0. The van der Waals surface area contributed by atoms with Crippen LogP contribution in [0.3, 0.4) is 0 Å². The number of aromatic nitrogens is 4. The predicted octanol–water partition coefficient (Wildman–Crippen LogP) is 2.05. The third kappa shape index (κ3) is 4.68. The van der Waals surface area contributed by atoms with E-state index in [-0.39, 0.29) is 18.8 Å². The zero-order chi connectivity index (χ0) is 22.8. The van der Waals surface area contributed by atoms with Crippen molar-refractivity contribution in [3.8, 4) is 0 Å². The van der Waals surface area contributed by atoms with Crippen LogP contribution in [0.1, 0.15) is 48.7 Å². The molecule has 1 aromatic carbocycles. The molecule has 1 saturated heterocycles. The number of aliphatic hydroxyl groups is 2. The van der Waals surface area contributed by atoms with Gasteiger partial charge in [0.2, 0.25) is 0 Å². The second-order valence-corrected chi connectivity index (χ2v) is 8.61. The molecule has 5 rings (SSSR count). The van der Waals surface area contributed by atoms with Gasteiger partial charge in [-0.1, -0.05) is 18.2 Å². The van der Waals surface area contributed by atoms with Crippen LogP contribution in [0.2, 0.25) is 0 Å². The van der Waals surface area contributed by atoms with E-state index in [0.29, 0.717) is 29.0 Å². The van der Waals surface area contributed by atoms with E-state index in [9.17, 15) is 15.0 Å². The maximum Gasteiger partial charge on any atom is 0.338 e. The summed E-state index contributed by atoms with van der Waals surface area (Å²) in [5.74, 6) is 0.199. The normalized spacial score (nSPS) is 27.5. The molecule has 2 aromatic heterocycles. The molecule has 174 valence electrons. The Balaban J connectivity index is 1.26. The summed E-state index contributed by atoms with van der Waals surface area (Å²) in [6, 6.07) is 8.97. The van der Waals surface area contributed by atoms with E-state index in [1.165, 1.54) is 6.33 Å². The molecule has 3 N–H and O–H groups in total. The predicted molar refractivity (Wildman–Crippen MR) is 118 cm³/mol. The lowest BCUT2D eigenvalue weighted by molar-refractivity contribution is -0.0531. The third-order valence-electron chi connectivity index (χ3n) is 6.25. The smallest absolute Gasteiger partial charge is 0.338 e. The molecule has 1 saturated carbocycles. The minimum atomic E-state index is -0.797. The molecule has 3 aromatic rings. The van der Waals surface area contributed by atoms with Crippen LogP contribution in [0.25, 0.3) is 11.2 Å². The van der Waals surface area contributed by atoms with Crippen LogP contribution in [0.15, 0.2) is 43.0 Å². The van der Waals surface area contributed by atoms with Crippen molar-refractivity contribution in [2.75, 3.05) is 11.9 Å². The van der Waals surface area contributed by atoms with Gasteiger partial charge in [-0.2, -0.15) is 0 Å². The van der Waals surface area contributed by atoms with Crippen molar-refractivity contribution in [1.82, 2.24) is 19.5 Å². The molecule has 33 heavy (non-hydrogen) atoms. The number of hydrogen-bond donors (Lipinski definition) is 3. The minimum Gasteiger partial charge on any atom is -0.459 e. The third-order valence-corrected chi connectivity index (χ3v) is 6.25.